The minimum Gasteiger partial charge on any atom is -0.444 e. The lowest BCUT2D eigenvalue weighted by Gasteiger charge is -2.37. The number of aromatic nitrogens is 2. The molecule has 2 aromatic rings. The molecule has 0 bridgehead atoms. The molecule has 8 nitrogen and oxygen atoms in total. The van der Waals surface area contributed by atoms with Crippen LogP contribution in [0, 0.1) is 0 Å². The van der Waals surface area contributed by atoms with Gasteiger partial charge in [-0.05, 0) is 52.1 Å². The van der Waals surface area contributed by atoms with Gasteiger partial charge in [-0.2, -0.15) is 0 Å². The third-order valence-corrected chi connectivity index (χ3v) is 6.12. The number of aliphatic hydroxyl groups is 1. The van der Waals surface area contributed by atoms with Crippen molar-refractivity contribution in [2.24, 2.45) is 0 Å². The zero-order valence-corrected chi connectivity index (χ0v) is 18.9. The van der Waals surface area contributed by atoms with Crippen LogP contribution in [0.2, 0.25) is 0 Å². The van der Waals surface area contributed by atoms with Crippen molar-refractivity contribution in [1.82, 2.24) is 14.9 Å². The summed E-state index contributed by atoms with van der Waals surface area (Å²) in [5, 5.41) is 10.2. The fraction of sp³-hybridized carbons (Fsp3) is 0.591. The van der Waals surface area contributed by atoms with Gasteiger partial charge in [0.15, 0.2) is 18.8 Å². The number of hydrogen-bond donors (Lipinski definition) is 1. The fourth-order valence-corrected chi connectivity index (χ4v) is 3.23. The molecule has 0 atom stereocenters. The lowest BCUT2D eigenvalue weighted by molar-refractivity contribution is -0.0893. The van der Waals surface area contributed by atoms with Crippen LogP contribution in [-0.2, 0) is 16.0 Å². The quantitative estimate of drug-likeness (QED) is 0.646. The number of hydrogen-bond acceptors (Lipinski definition) is 7. The molecule has 1 radical (unpaired) electrons. The molecule has 2 heterocycles. The van der Waals surface area contributed by atoms with Crippen LogP contribution in [-0.4, -0.2) is 57.8 Å². The number of pyridine rings is 1. The summed E-state index contributed by atoms with van der Waals surface area (Å²) >= 11 is 0. The van der Waals surface area contributed by atoms with E-state index in [9.17, 15) is 9.90 Å². The molecule has 1 amide bonds. The highest BCUT2D eigenvalue weighted by atomic mass is 16.6. The summed E-state index contributed by atoms with van der Waals surface area (Å²) in [6.07, 6.45) is 6.93. The molecule has 2 aromatic heterocycles. The average molecular weight is 428 g/mol. The molecule has 0 unspecified atom stereocenters. The Balaban J connectivity index is 1.59. The molecule has 1 saturated carbocycles. The first kappa shape index (κ1) is 23.3. The molecule has 3 rings (SSSR count). The highest BCUT2D eigenvalue weighted by Crippen LogP contribution is 2.25. The Bertz CT molecular complexity index is 870. The molecule has 1 aliphatic rings. The van der Waals surface area contributed by atoms with Crippen molar-refractivity contribution in [2.45, 2.75) is 77.2 Å². The number of oxazole rings is 1. The van der Waals surface area contributed by atoms with Crippen LogP contribution in [0.25, 0.3) is 11.4 Å². The van der Waals surface area contributed by atoms with Gasteiger partial charge in [-0.15, -0.1) is 0 Å². The zero-order valence-electron chi connectivity index (χ0n) is 18.9. The van der Waals surface area contributed by atoms with E-state index in [1.165, 1.54) is 6.39 Å². The number of rotatable bonds is 8. The van der Waals surface area contributed by atoms with Gasteiger partial charge in [0, 0.05) is 19.3 Å². The first-order valence-electron chi connectivity index (χ1n) is 10.6. The number of amides is 1. The van der Waals surface area contributed by atoms with E-state index in [2.05, 4.69) is 9.97 Å². The fourth-order valence-electron chi connectivity index (χ4n) is 3.23. The lowest BCUT2D eigenvalue weighted by Crippen LogP contribution is -2.49. The van der Waals surface area contributed by atoms with Crippen molar-refractivity contribution >= 4 is 19.0 Å². The van der Waals surface area contributed by atoms with Gasteiger partial charge in [-0.1, -0.05) is 18.9 Å². The molecule has 1 N–H and O–H groups in total. The topological polar surface area (TPSA) is 97.9 Å². The van der Waals surface area contributed by atoms with Gasteiger partial charge < -0.3 is 23.8 Å². The van der Waals surface area contributed by atoms with Crippen molar-refractivity contribution in [1.29, 1.82) is 0 Å². The molecule has 9 heteroatoms. The number of ether oxygens (including phenoxy) is 1. The van der Waals surface area contributed by atoms with Gasteiger partial charge in [0.2, 0.25) is 0 Å². The second-order valence-corrected chi connectivity index (χ2v) is 9.01. The first-order valence-corrected chi connectivity index (χ1v) is 10.6. The molecule has 0 saturated heterocycles. The van der Waals surface area contributed by atoms with E-state index >= 15 is 0 Å². The maximum absolute atomic E-state index is 12.3. The monoisotopic (exact) mass is 428 g/mol. The van der Waals surface area contributed by atoms with Crippen molar-refractivity contribution in [2.75, 3.05) is 7.05 Å². The summed E-state index contributed by atoms with van der Waals surface area (Å²) in [5.41, 5.74) is 0.107. The Hall–Kier alpha value is -2.39. The summed E-state index contributed by atoms with van der Waals surface area (Å²) in [4.78, 5) is 22.6. The van der Waals surface area contributed by atoms with Gasteiger partial charge >= 0.3 is 13.6 Å². The Labute approximate surface area is 184 Å². The van der Waals surface area contributed by atoms with Crippen LogP contribution in [0.4, 0.5) is 4.79 Å². The Morgan fingerprint density at radius 3 is 2.58 bits per heavy atom. The molecule has 31 heavy (non-hydrogen) atoms. The molecule has 1 fully saturated rings. The molecular formula is C22H31BN3O5. The van der Waals surface area contributed by atoms with Gasteiger partial charge in [0.25, 0.3) is 0 Å². The maximum atomic E-state index is 12.3. The maximum Gasteiger partial charge on any atom is 0.410 e. The smallest absolute Gasteiger partial charge is 0.410 e. The molecular weight excluding hydrogens is 397 g/mol. The highest BCUT2D eigenvalue weighted by molar-refractivity contribution is 6.46. The van der Waals surface area contributed by atoms with E-state index in [1.807, 2.05) is 19.9 Å². The van der Waals surface area contributed by atoms with E-state index in [1.54, 1.807) is 45.5 Å². The second kappa shape index (κ2) is 9.40. The lowest BCUT2D eigenvalue weighted by atomic mass is 9.83. The van der Waals surface area contributed by atoms with Crippen LogP contribution >= 0.6 is 0 Å². The summed E-state index contributed by atoms with van der Waals surface area (Å²) in [6, 6.07) is 3.87. The van der Waals surface area contributed by atoms with Crippen molar-refractivity contribution in [3.05, 3.63) is 30.5 Å². The Kier molecular flexibility index (Phi) is 7.06. The third kappa shape index (κ3) is 5.65. The third-order valence-electron chi connectivity index (χ3n) is 6.12. The standard InChI is InChI=1S/C22H31BN3O5/c1-21(2,28)22(3,4)31-23-15-10-11-17(24-12-15)19-18(30-14-25-19)13-29-20(27)26(5)16-8-6-7-9-16/h10-12,14,16,28H,6-9,13H2,1-5H3. The van der Waals surface area contributed by atoms with Crippen LogP contribution in [0.3, 0.4) is 0 Å². The first-order chi connectivity index (χ1) is 14.6. The van der Waals surface area contributed by atoms with E-state index in [0.717, 1.165) is 31.1 Å². The predicted octanol–water partition coefficient (Wildman–Crippen LogP) is 3.06. The summed E-state index contributed by atoms with van der Waals surface area (Å²) in [5.74, 6) is 0.441. The second-order valence-electron chi connectivity index (χ2n) is 9.01. The molecule has 1 aliphatic carbocycles. The van der Waals surface area contributed by atoms with Crippen molar-refractivity contribution < 1.29 is 23.7 Å². The number of carbonyl (C=O) groups is 1. The highest BCUT2D eigenvalue weighted by Gasteiger charge is 2.35. The normalized spacial score (nSPS) is 15.2. The van der Waals surface area contributed by atoms with Gasteiger partial charge in [0.1, 0.15) is 5.69 Å². The van der Waals surface area contributed by atoms with Gasteiger partial charge in [-0.25, -0.2) is 9.78 Å². The van der Waals surface area contributed by atoms with E-state index < -0.39 is 11.2 Å². The van der Waals surface area contributed by atoms with Crippen molar-refractivity contribution in [3.63, 3.8) is 0 Å². The molecule has 0 spiro atoms. The minimum atomic E-state index is -1.00. The molecule has 0 aliphatic heterocycles. The zero-order chi connectivity index (χ0) is 22.6. The average Bonchev–Trinajstić information content (AvgIpc) is 3.41. The Morgan fingerprint density at radius 2 is 1.97 bits per heavy atom. The molecule has 167 valence electrons. The number of carbonyl (C=O) groups excluding carboxylic acids is 1. The van der Waals surface area contributed by atoms with Crippen LogP contribution in [0.15, 0.2) is 29.1 Å². The van der Waals surface area contributed by atoms with Crippen LogP contribution < -0.4 is 5.46 Å². The van der Waals surface area contributed by atoms with Crippen LogP contribution in [0.1, 0.15) is 59.1 Å². The van der Waals surface area contributed by atoms with Crippen molar-refractivity contribution in [3.8, 4) is 11.4 Å². The largest absolute Gasteiger partial charge is 0.444 e. The summed E-state index contributed by atoms with van der Waals surface area (Å²) in [7, 11) is 3.34. The van der Waals surface area contributed by atoms with E-state index in [-0.39, 0.29) is 18.7 Å². The Morgan fingerprint density at radius 1 is 1.26 bits per heavy atom. The van der Waals surface area contributed by atoms with E-state index in [4.69, 9.17) is 13.8 Å². The summed E-state index contributed by atoms with van der Waals surface area (Å²) < 4.78 is 16.6. The predicted molar refractivity (Wildman–Crippen MR) is 117 cm³/mol. The number of nitrogens with zero attached hydrogens (tertiary/aromatic N) is 3. The van der Waals surface area contributed by atoms with Crippen LogP contribution in [0.5, 0.6) is 0 Å². The van der Waals surface area contributed by atoms with Gasteiger partial charge in [-0.3, -0.25) is 4.98 Å². The minimum absolute atomic E-state index is 0.0103. The van der Waals surface area contributed by atoms with E-state index in [0.29, 0.717) is 17.1 Å². The van der Waals surface area contributed by atoms with Gasteiger partial charge in [0.05, 0.1) is 16.9 Å². The molecule has 0 aromatic carbocycles. The summed E-state index contributed by atoms with van der Waals surface area (Å²) in [6.45, 7) is 7.03. The SMILES string of the molecule is CN(C(=O)OCc1ocnc1-c1ccc([B]OC(C)(C)C(C)(C)O)cn1)C1CCCC1.